The monoisotopic (exact) mass is 398 g/mol. The summed E-state index contributed by atoms with van der Waals surface area (Å²) in [5.41, 5.74) is 1.66. The Kier molecular flexibility index (Phi) is 6.32. The summed E-state index contributed by atoms with van der Waals surface area (Å²) in [7, 11) is 0. The first kappa shape index (κ1) is 19.7. The van der Waals surface area contributed by atoms with E-state index < -0.39 is 0 Å². The zero-order valence-electron chi connectivity index (χ0n) is 16.9. The Hall–Kier alpha value is -2.57. The predicted octanol–water partition coefficient (Wildman–Crippen LogP) is 2.95. The number of para-hydroxylation sites is 2. The maximum atomic E-state index is 12.5. The summed E-state index contributed by atoms with van der Waals surface area (Å²) in [5, 5.41) is 3.06. The van der Waals surface area contributed by atoms with Gasteiger partial charge in [-0.25, -0.2) is 0 Å². The summed E-state index contributed by atoms with van der Waals surface area (Å²) in [5.74, 6) is 0.431. The number of nitrogens with one attached hydrogen (secondary N) is 1. The van der Waals surface area contributed by atoms with Crippen LogP contribution in [-0.2, 0) is 9.59 Å². The van der Waals surface area contributed by atoms with Crippen molar-refractivity contribution in [2.24, 2.45) is 5.92 Å². The number of fused-ring (bicyclic) bond motifs is 1. The fourth-order valence-electron chi connectivity index (χ4n) is 4.23. The predicted molar refractivity (Wildman–Crippen MR) is 112 cm³/mol. The van der Waals surface area contributed by atoms with Crippen LogP contribution in [0.3, 0.4) is 0 Å². The first-order valence-electron chi connectivity index (χ1n) is 10.9. The first-order valence-corrected chi connectivity index (χ1v) is 10.9. The van der Waals surface area contributed by atoms with E-state index in [9.17, 15) is 9.59 Å². The molecule has 0 spiro atoms. The Balaban J connectivity index is 1.18. The van der Waals surface area contributed by atoms with Crippen molar-refractivity contribution in [2.45, 2.75) is 44.9 Å². The summed E-state index contributed by atoms with van der Waals surface area (Å²) in [4.78, 5) is 33.1. The second-order valence-electron chi connectivity index (χ2n) is 8.06. The van der Waals surface area contributed by atoms with Crippen LogP contribution < -0.4 is 10.2 Å². The van der Waals surface area contributed by atoms with Gasteiger partial charge in [-0.3, -0.25) is 9.59 Å². The van der Waals surface area contributed by atoms with Crippen molar-refractivity contribution in [3.8, 4) is 0 Å². The summed E-state index contributed by atoms with van der Waals surface area (Å²) in [6.45, 7) is 3.78. The molecular weight excluding hydrogens is 368 g/mol. The quantitative estimate of drug-likeness (QED) is 0.757. The van der Waals surface area contributed by atoms with Gasteiger partial charge >= 0.3 is 0 Å². The first-order chi connectivity index (χ1) is 14.2. The molecule has 156 valence electrons. The van der Waals surface area contributed by atoms with E-state index in [1.807, 2.05) is 29.2 Å². The van der Waals surface area contributed by atoms with E-state index >= 15 is 0 Å². The van der Waals surface area contributed by atoms with Gasteiger partial charge in [0.25, 0.3) is 6.01 Å². The number of amides is 2. The van der Waals surface area contributed by atoms with Crippen molar-refractivity contribution in [3.05, 3.63) is 24.3 Å². The average Bonchev–Trinajstić information content (AvgIpc) is 3.08. The smallest absolute Gasteiger partial charge is 0.298 e. The van der Waals surface area contributed by atoms with Gasteiger partial charge < -0.3 is 19.5 Å². The molecule has 2 aliphatic heterocycles. The number of oxazole rings is 1. The van der Waals surface area contributed by atoms with Crippen LogP contribution in [-0.4, -0.2) is 54.4 Å². The molecule has 0 unspecified atom stereocenters. The van der Waals surface area contributed by atoms with Crippen LogP contribution in [0.4, 0.5) is 6.01 Å². The van der Waals surface area contributed by atoms with Gasteiger partial charge in [0, 0.05) is 45.1 Å². The van der Waals surface area contributed by atoms with Crippen LogP contribution in [0.5, 0.6) is 0 Å². The highest BCUT2D eigenvalue weighted by molar-refractivity contribution is 5.79. The Bertz CT molecular complexity index is 808. The summed E-state index contributed by atoms with van der Waals surface area (Å²) in [6.07, 6.45) is 6.33. The Labute approximate surface area is 171 Å². The Morgan fingerprint density at radius 3 is 2.79 bits per heavy atom. The molecule has 7 heteroatoms. The number of nitrogens with zero attached hydrogens (tertiary/aromatic N) is 3. The van der Waals surface area contributed by atoms with Crippen LogP contribution in [0.1, 0.15) is 44.9 Å². The van der Waals surface area contributed by atoms with Crippen molar-refractivity contribution in [1.29, 1.82) is 0 Å². The zero-order valence-corrected chi connectivity index (χ0v) is 16.9. The van der Waals surface area contributed by atoms with E-state index in [1.165, 1.54) is 0 Å². The van der Waals surface area contributed by atoms with Gasteiger partial charge in [-0.2, -0.15) is 4.98 Å². The van der Waals surface area contributed by atoms with Gasteiger partial charge in [0.1, 0.15) is 5.52 Å². The molecule has 2 aromatic rings. The number of benzene rings is 1. The van der Waals surface area contributed by atoms with Crippen molar-refractivity contribution in [1.82, 2.24) is 15.2 Å². The number of hydrogen-bond donors (Lipinski definition) is 1. The van der Waals surface area contributed by atoms with Crippen molar-refractivity contribution >= 4 is 28.9 Å². The lowest BCUT2D eigenvalue weighted by molar-refractivity contribution is -0.130. The highest BCUT2D eigenvalue weighted by atomic mass is 16.4. The number of likely N-dealkylation sites (tertiary alicyclic amines) is 1. The third kappa shape index (κ3) is 4.89. The van der Waals surface area contributed by atoms with Crippen LogP contribution in [0.25, 0.3) is 11.1 Å². The van der Waals surface area contributed by atoms with E-state index in [1.54, 1.807) is 0 Å². The maximum Gasteiger partial charge on any atom is 0.298 e. The highest BCUT2D eigenvalue weighted by Crippen LogP contribution is 2.26. The minimum Gasteiger partial charge on any atom is -0.423 e. The lowest BCUT2D eigenvalue weighted by Crippen LogP contribution is -2.41. The minimum absolute atomic E-state index is 0.0375. The molecule has 0 saturated carbocycles. The number of hydrogen-bond acceptors (Lipinski definition) is 5. The molecule has 29 heavy (non-hydrogen) atoms. The summed E-state index contributed by atoms with van der Waals surface area (Å²) in [6, 6.07) is 8.41. The van der Waals surface area contributed by atoms with Crippen molar-refractivity contribution in [2.75, 3.05) is 37.6 Å². The maximum absolute atomic E-state index is 12.5. The second-order valence-corrected chi connectivity index (χ2v) is 8.06. The number of carbonyl (C=O) groups excluding carboxylic acids is 2. The van der Waals surface area contributed by atoms with Crippen LogP contribution in [0.15, 0.2) is 28.7 Å². The standard InChI is InChI=1S/C22H30N4O3/c27-20-9-2-1-5-13-25(20)14-6-12-23-21(28)17-10-15-26(16-11-17)22-24-18-7-3-4-8-19(18)29-22/h3-4,7-8,17H,1-2,5-6,9-16H2,(H,23,28). The van der Waals surface area contributed by atoms with Gasteiger partial charge in [0.05, 0.1) is 0 Å². The SMILES string of the molecule is O=C(NCCCN1CCCCCC1=O)C1CCN(c2nc3ccccc3o2)CC1. The van der Waals surface area contributed by atoms with Crippen molar-refractivity contribution in [3.63, 3.8) is 0 Å². The van der Waals surface area contributed by atoms with Crippen LogP contribution in [0.2, 0.25) is 0 Å². The molecule has 2 saturated heterocycles. The van der Waals surface area contributed by atoms with Gasteiger partial charge in [-0.15, -0.1) is 0 Å². The van der Waals surface area contributed by atoms with Gasteiger partial charge in [0.2, 0.25) is 11.8 Å². The number of piperidine rings is 1. The van der Waals surface area contributed by atoms with E-state index in [0.29, 0.717) is 19.0 Å². The molecule has 2 amide bonds. The topological polar surface area (TPSA) is 78.7 Å². The molecular formula is C22H30N4O3. The lowest BCUT2D eigenvalue weighted by atomic mass is 9.96. The average molecular weight is 399 g/mol. The normalized spacial score (nSPS) is 18.8. The minimum atomic E-state index is 0.0375. The summed E-state index contributed by atoms with van der Waals surface area (Å²) < 4.78 is 5.84. The third-order valence-corrected chi connectivity index (χ3v) is 5.99. The molecule has 4 rings (SSSR count). The molecule has 3 heterocycles. The van der Waals surface area contributed by atoms with Crippen LogP contribution in [0, 0.1) is 5.92 Å². The highest BCUT2D eigenvalue weighted by Gasteiger charge is 2.27. The number of aromatic nitrogens is 1. The molecule has 0 aliphatic carbocycles. The summed E-state index contributed by atoms with van der Waals surface area (Å²) >= 11 is 0. The van der Waals surface area contributed by atoms with E-state index in [-0.39, 0.29) is 17.7 Å². The number of rotatable bonds is 6. The number of anilines is 1. The molecule has 7 nitrogen and oxygen atoms in total. The number of carbonyl (C=O) groups is 2. The van der Waals surface area contributed by atoms with Gasteiger partial charge in [-0.05, 0) is 44.2 Å². The second kappa shape index (κ2) is 9.29. The zero-order chi connectivity index (χ0) is 20.1. The van der Waals surface area contributed by atoms with Crippen molar-refractivity contribution < 1.29 is 14.0 Å². The Morgan fingerprint density at radius 2 is 1.97 bits per heavy atom. The Morgan fingerprint density at radius 1 is 1.14 bits per heavy atom. The molecule has 1 N–H and O–H groups in total. The van der Waals surface area contributed by atoms with E-state index in [0.717, 1.165) is 75.8 Å². The van der Waals surface area contributed by atoms with Gasteiger partial charge in [-0.1, -0.05) is 18.6 Å². The molecule has 0 radical (unpaired) electrons. The fraction of sp³-hybridized carbons (Fsp3) is 0.591. The molecule has 1 aromatic carbocycles. The lowest BCUT2D eigenvalue weighted by Gasteiger charge is -2.30. The molecule has 0 bridgehead atoms. The molecule has 2 fully saturated rings. The molecule has 0 atom stereocenters. The largest absolute Gasteiger partial charge is 0.423 e. The van der Waals surface area contributed by atoms with Gasteiger partial charge in [0.15, 0.2) is 5.58 Å². The van der Waals surface area contributed by atoms with E-state index in [4.69, 9.17) is 4.42 Å². The van der Waals surface area contributed by atoms with Crippen LogP contribution >= 0.6 is 0 Å². The van der Waals surface area contributed by atoms with E-state index in [2.05, 4.69) is 15.2 Å². The third-order valence-electron chi connectivity index (χ3n) is 5.99. The molecule has 1 aromatic heterocycles. The molecule has 2 aliphatic rings. The fourth-order valence-corrected chi connectivity index (χ4v) is 4.23.